The van der Waals surface area contributed by atoms with E-state index in [1.54, 1.807) is 0 Å². The largest absolute Gasteiger partial charge is 0.417 e. The first kappa shape index (κ1) is 25.1. The van der Waals surface area contributed by atoms with Crippen LogP contribution in [0.1, 0.15) is 111 Å². The van der Waals surface area contributed by atoms with E-state index in [0.29, 0.717) is 0 Å². The molecular formula is C22H48O2Si. The van der Waals surface area contributed by atoms with Crippen LogP contribution in [0.3, 0.4) is 0 Å². The van der Waals surface area contributed by atoms with Gasteiger partial charge in [0.25, 0.3) is 0 Å². The molecule has 0 aliphatic carbocycles. The zero-order valence-corrected chi connectivity index (χ0v) is 19.3. The third-order valence-electron chi connectivity index (χ3n) is 5.84. The van der Waals surface area contributed by atoms with E-state index in [1.165, 1.54) is 64.2 Å². The Morgan fingerprint density at radius 3 is 1.68 bits per heavy atom. The minimum atomic E-state index is -1.61. The summed E-state index contributed by atoms with van der Waals surface area (Å²) in [7, 11) is -1.61. The number of hydrogen-bond donors (Lipinski definition) is 1. The standard InChI is InChI=1S/C22H48O2Si/c1-7-8-9-10-11-12-13-14-15-16-18-21(23)19-17-20-24-25(5,6)22(2,3)4/h21,23H,7-20H2,1-6H3/t21-/m1/s1. The summed E-state index contributed by atoms with van der Waals surface area (Å²) in [4.78, 5) is 0. The number of hydrogen-bond acceptors (Lipinski definition) is 2. The second-order valence-corrected chi connectivity index (χ2v) is 14.2. The summed E-state index contributed by atoms with van der Waals surface area (Å²) in [5.74, 6) is 0. The monoisotopic (exact) mass is 372 g/mol. The molecule has 0 saturated heterocycles. The molecule has 0 aromatic carbocycles. The fraction of sp³-hybridized carbons (Fsp3) is 1.00. The van der Waals surface area contributed by atoms with Crippen molar-refractivity contribution in [2.45, 2.75) is 135 Å². The summed E-state index contributed by atoms with van der Waals surface area (Å²) < 4.78 is 6.18. The molecule has 0 amide bonds. The van der Waals surface area contributed by atoms with Crippen molar-refractivity contribution in [3.05, 3.63) is 0 Å². The highest BCUT2D eigenvalue weighted by Crippen LogP contribution is 2.36. The van der Waals surface area contributed by atoms with Gasteiger partial charge in [-0.15, -0.1) is 0 Å². The molecule has 0 unspecified atom stereocenters. The van der Waals surface area contributed by atoms with Crippen LogP contribution in [-0.4, -0.2) is 26.1 Å². The van der Waals surface area contributed by atoms with E-state index in [2.05, 4.69) is 40.8 Å². The van der Waals surface area contributed by atoms with Crippen LogP contribution in [0.4, 0.5) is 0 Å². The molecule has 0 fully saturated rings. The Labute approximate surface area is 160 Å². The lowest BCUT2D eigenvalue weighted by Gasteiger charge is -2.36. The van der Waals surface area contributed by atoms with Gasteiger partial charge in [-0.25, -0.2) is 0 Å². The van der Waals surface area contributed by atoms with Crippen molar-refractivity contribution in [3.63, 3.8) is 0 Å². The summed E-state index contributed by atoms with van der Waals surface area (Å²) >= 11 is 0. The molecule has 0 heterocycles. The highest BCUT2D eigenvalue weighted by molar-refractivity contribution is 6.74. The first-order valence-electron chi connectivity index (χ1n) is 11.0. The molecule has 3 heteroatoms. The summed E-state index contributed by atoms with van der Waals surface area (Å²) in [5.41, 5.74) is 0. The van der Waals surface area contributed by atoms with Gasteiger partial charge in [-0.2, -0.15) is 0 Å². The first-order chi connectivity index (χ1) is 11.7. The van der Waals surface area contributed by atoms with Crippen LogP contribution in [0.25, 0.3) is 0 Å². The normalized spacial score (nSPS) is 14.0. The van der Waals surface area contributed by atoms with Crippen molar-refractivity contribution in [2.75, 3.05) is 6.61 Å². The van der Waals surface area contributed by atoms with Gasteiger partial charge in [0.05, 0.1) is 6.10 Å². The van der Waals surface area contributed by atoms with Gasteiger partial charge >= 0.3 is 0 Å². The molecule has 0 spiro atoms. The Hall–Kier alpha value is 0.137. The fourth-order valence-electron chi connectivity index (χ4n) is 2.87. The van der Waals surface area contributed by atoms with Crippen molar-refractivity contribution in [3.8, 4) is 0 Å². The molecule has 0 aromatic heterocycles. The highest BCUT2D eigenvalue weighted by atomic mass is 28.4. The molecular weight excluding hydrogens is 324 g/mol. The third-order valence-corrected chi connectivity index (χ3v) is 10.4. The second kappa shape index (κ2) is 14.2. The maximum Gasteiger partial charge on any atom is 0.191 e. The number of unbranched alkanes of at least 4 members (excludes halogenated alkanes) is 9. The van der Waals surface area contributed by atoms with Gasteiger partial charge in [0, 0.05) is 6.61 Å². The molecule has 2 nitrogen and oxygen atoms in total. The molecule has 0 rings (SSSR count). The smallest absolute Gasteiger partial charge is 0.191 e. The predicted octanol–water partition coefficient (Wildman–Crippen LogP) is 7.46. The molecule has 25 heavy (non-hydrogen) atoms. The van der Waals surface area contributed by atoms with Crippen molar-refractivity contribution < 1.29 is 9.53 Å². The minimum Gasteiger partial charge on any atom is -0.417 e. The van der Waals surface area contributed by atoms with Crippen LogP contribution >= 0.6 is 0 Å². The molecule has 0 aliphatic rings. The lowest BCUT2D eigenvalue weighted by atomic mass is 10.0. The summed E-state index contributed by atoms with van der Waals surface area (Å²) in [6.45, 7) is 14.5. The van der Waals surface area contributed by atoms with E-state index >= 15 is 0 Å². The Kier molecular flexibility index (Phi) is 14.3. The van der Waals surface area contributed by atoms with Gasteiger partial charge in [0.15, 0.2) is 8.32 Å². The minimum absolute atomic E-state index is 0.128. The lowest BCUT2D eigenvalue weighted by molar-refractivity contribution is 0.138. The summed E-state index contributed by atoms with van der Waals surface area (Å²) in [5, 5.41) is 10.4. The topological polar surface area (TPSA) is 29.5 Å². The Bertz CT molecular complexity index is 297. The van der Waals surface area contributed by atoms with Crippen LogP contribution in [0, 0.1) is 0 Å². The summed E-state index contributed by atoms with van der Waals surface area (Å²) in [6, 6.07) is 0. The van der Waals surface area contributed by atoms with E-state index in [4.69, 9.17) is 4.43 Å². The van der Waals surface area contributed by atoms with Crippen molar-refractivity contribution in [1.82, 2.24) is 0 Å². The second-order valence-electron chi connectivity index (χ2n) is 9.38. The lowest BCUT2D eigenvalue weighted by Crippen LogP contribution is -2.41. The van der Waals surface area contributed by atoms with E-state index in [9.17, 15) is 5.11 Å². The van der Waals surface area contributed by atoms with E-state index in [1.807, 2.05) is 0 Å². The van der Waals surface area contributed by atoms with Crippen LogP contribution in [0.2, 0.25) is 18.1 Å². The zero-order chi connectivity index (χ0) is 19.2. The van der Waals surface area contributed by atoms with Gasteiger partial charge in [0.2, 0.25) is 0 Å². The number of aliphatic hydroxyl groups excluding tert-OH is 1. The molecule has 0 aliphatic heterocycles. The molecule has 0 bridgehead atoms. The van der Waals surface area contributed by atoms with Gasteiger partial charge in [0.1, 0.15) is 0 Å². The Morgan fingerprint density at radius 1 is 0.760 bits per heavy atom. The van der Waals surface area contributed by atoms with E-state index in [0.717, 1.165) is 25.9 Å². The van der Waals surface area contributed by atoms with Crippen LogP contribution in [-0.2, 0) is 4.43 Å². The van der Waals surface area contributed by atoms with Gasteiger partial charge in [-0.1, -0.05) is 91.9 Å². The van der Waals surface area contributed by atoms with Crippen molar-refractivity contribution >= 4 is 8.32 Å². The SMILES string of the molecule is CCCCCCCCCCCC[C@@H](O)CCCO[Si](C)(C)C(C)(C)C. The van der Waals surface area contributed by atoms with Crippen molar-refractivity contribution in [1.29, 1.82) is 0 Å². The van der Waals surface area contributed by atoms with Crippen LogP contribution < -0.4 is 0 Å². The van der Waals surface area contributed by atoms with Gasteiger partial charge < -0.3 is 9.53 Å². The van der Waals surface area contributed by atoms with Crippen LogP contribution in [0.15, 0.2) is 0 Å². The predicted molar refractivity (Wildman–Crippen MR) is 115 cm³/mol. The van der Waals surface area contributed by atoms with Gasteiger partial charge in [-0.3, -0.25) is 0 Å². The van der Waals surface area contributed by atoms with Crippen molar-refractivity contribution in [2.24, 2.45) is 0 Å². The molecule has 1 N–H and O–H groups in total. The molecule has 152 valence electrons. The Balaban J connectivity index is 3.44. The molecule has 0 aromatic rings. The maximum atomic E-state index is 10.1. The van der Waals surface area contributed by atoms with E-state index < -0.39 is 8.32 Å². The molecule has 1 atom stereocenters. The first-order valence-corrected chi connectivity index (χ1v) is 13.9. The summed E-state index contributed by atoms with van der Waals surface area (Å²) in [6.07, 6.45) is 16.3. The zero-order valence-electron chi connectivity index (χ0n) is 18.3. The fourth-order valence-corrected chi connectivity index (χ4v) is 3.96. The Morgan fingerprint density at radius 2 is 1.20 bits per heavy atom. The number of rotatable bonds is 16. The van der Waals surface area contributed by atoms with Crippen LogP contribution in [0.5, 0.6) is 0 Å². The number of aliphatic hydroxyl groups is 1. The average Bonchev–Trinajstić information content (AvgIpc) is 2.52. The highest BCUT2D eigenvalue weighted by Gasteiger charge is 2.36. The molecule has 0 radical (unpaired) electrons. The third kappa shape index (κ3) is 13.9. The molecule has 0 saturated carbocycles. The maximum absolute atomic E-state index is 10.1. The van der Waals surface area contributed by atoms with Gasteiger partial charge in [-0.05, 0) is 37.4 Å². The average molecular weight is 373 g/mol. The van der Waals surface area contributed by atoms with E-state index in [-0.39, 0.29) is 11.1 Å². The quantitative estimate of drug-likeness (QED) is 0.225.